The lowest BCUT2D eigenvalue weighted by Gasteiger charge is -2.01. The summed E-state index contributed by atoms with van der Waals surface area (Å²) < 4.78 is 10.1. The highest BCUT2D eigenvalue weighted by atomic mass is 16.5. The molecule has 0 bridgehead atoms. The molecule has 1 rings (SSSR count). The zero-order valence-electron chi connectivity index (χ0n) is 8.04. The topological polar surface area (TPSA) is 35.5 Å². The molecule has 3 nitrogen and oxygen atoms in total. The summed E-state index contributed by atoms with van der Waals surface area (Å²) in [7, 11) is 0. The number of hydrogen-bond donors (Lipinski definition) is 0. The maximum absolute atomic E-state index is 11.1. The van der Waals surface area contributed by atoms with Gasteiger partial charge in [-0.25, -0.2) is 4.79 Å². The van der Waals surface area contributed by atoms with Crippen molar-refractivity contribution >= 4 is 5.97 Å². The van der Waals surface area contributed by atoms with E-state index in [1.807, 2.05) is 6.92 Å². The normalized spacial score (nSPS) is 21.2. The quantitative estimate of drug-likeness (QED) is 0.484. The largest absolute Gasteiger partial charge is 0.463 e. The number of carbonyl (C=O) groups is 1. The second kappa shape index (κ2) is 5.75. The van der Waals surface area contributed by atoms with E-state index in [1.165, 1.54) is 0 Å². The van der Waals surface area contributed by atoms with Crippen molar-refractivity contribution in [2.24, 2.45) is 0 Å². The van der Waals surface area contributed by atoms with Crippen LogP contribution in [0.2, 0.25) is 0 Å². The van der Waals surface area contributed by atoms with Gasteiger partial charge in [0.15, 0.2) is 0 Å². The summed E-state index contributed by atoms with van der Waals surface area (Å²) in [6.45, 7) is 3.79. The molecule has 0 aliphatic carbocycles. The molecule has 0 spiro atoms. The van der Waals surface area contributed by atoms with Crippen LogP contribution in [0, 0.1) is 0 Å². The summed E-state index contributed by atoms with van der Waals surface area (Å²) in [4.78, 5) is 11.1. The molecule has 0 aromatic heterocycles. The molecule has 13 heavy (non-hydrogen) atoms. The Morgan fingerprint density at radius 3 is 3.15 bits per heavy atom. The fourth-order valence-electron chi connectivity index (χ4n) is 1.33. The summed E-state index contributed by atoms with van der Waals surface area (Å²) in [6, 6.07) is 0. The van der Waals surface area contributed by atoms with Crippen LogP contribution in [-0.4, -0.2) is 25.8 Å². The standard InChI is InChI=1S/C10H16O3/c1-2-13-10(11)8-9-4-3-6-12-7-5-9/h8H,2-7H2,1H3/b9-8-. The molecule has 1 heterocycles. The molecule has 0 N–H and O–H groups in total. The molecule has 0 aromatic carbocycles. The fraction of sp³-hybridized carbons (Fsp3) is 0.700. The number of rotatable bonds is 2. The van der Waals surface area contributed by atoms with Crippen molar-refractivity contribution in [1.29, 1.82) is 0 Å². The van der Waals surface area contributed by atoms with Gasteiger partial charge in [0.1, 0.15) is 0 Å². The smallest absolute Gasteiger partial charge is 0.330 e. The minimum atomic E-state index is -0.223. The van der Waals surface area contributed by atoms with Gasteiger partial charge >= 0.3 is 5.97 Å². The second-order valence-corrected chi connectivity index (χ2v) is 3.02. The number of carbonyl (C=O) groups excluding carboxylic acids is 1. The van der Waals surface area contributed by atoms with E-state index in [-0.39, 0.29) is 5.97 Å². The van der Waals surface area contributed by atoms with Gasteiger partial charge < -0.3 is 9.47 Å². The van der Waals surface area contributed by atoms with Gasteiger partial charge in [-0.15, -0.1) is 0 Å². The van der Waals surface area contributed by atoms with Crippen molar-refractivity contribution in [2.75, 3.05) is 19.8 Å². The summed E-state index contributed by atoms with van der Waals surface area (Å²) in [5.74, 6) is -0.223. The van der Waals surface area contributed by atoms with E-state index < -0.39 is 0 Å². The first kappa shape index (κ1) is 10.3. The van der Waals surface area contributed by atoms with Crippen LogP contribution in [0.5, 0.6) is 0 Å². The van der Waals surface area contributed by atoms with Crippen molar-refractivity contribution in [1.82, 2.24) is 0 Å². The molecule has 0 atom stereocenters. The van der Waals surface area contributed by atoms with Gasteiger partial charge in [-0.2, -0.15) is 0 Å². The summed E-state index contributed by atoms with van der Waals surface area (Å²) in [5.41, 5.74) is 1.15. The van der Waals surface area contributed by atoms with Crippen LogP contribution in [0.15, 0.2) is 11.6 Å². The lowest BCUT2D eigenvalue weighted by atomic mass is 10.1. The number of esters is 1. The molecular weight excluding hydrogens is 168 g/mol. The first-order chi connectivity index (χ1) is 6.33. The van der Waals surface area contributed by atoms with Crippen LogP contribution in [0.3, 0.4) is 0 Å². The highest BCUT2D eigenvalue weighted by Gasteiger charge is 2.06. The molecule has 0 unspecified atom stereocenters. The molecule has 0 saturated carbocycles. The van der Waals surface area contributed by atoms with Crippen molar-refractivity contribution < 1.29 is 14.3 Å². The van der Waals surface area contributed by atoms with Gasteiger partial charge in [0.05, 0.1) is 13.2 Å². The average Bonchev–Trinajstić information content (AvgIpc) is 2.33. The Morgan fingerprint density at radius 1 is 1.54 bits per heavy atom. The zero-order chi connectivity index (χ0) is 9.52. The molecule has 0 radical (unpaired) electrons. The van der Waals surface area contributed by atoms with Gasteiger partial charge in [0, 0.05) is 12.7 Å². The first-order valence-corrected chi connectivity index (χ1v) is 4.77. The van der Waals surface area contributed by atoms with E-state index in [1.54, 1.807) is 6.08 Å². The van der Waals surface area contributed by atoms with Crippen LogP contribution in [0.25, 0.3) is 0 Å². The predicted octanol–water partition coefficient (Wildman–Crippen LogP) is 1.68. The summed E-state index contributed by atoms with van der Waals surface area (Å²) in [6.07, 6.45) is 4.43. The third-order valence-electron chi connectivity index (χ3n) is 1.96. The SMILES string of the molecule is CCOC(=O)/C=C1/CCCOCC1. The number of ether oxygens (including phenoxy) is 2. The van der Waals surface area contributed by atoms with E-state index >= 15 is 0 Å². The lowest BCUT2D eigenvalue weighted by molar-refractivity contribution is -0.137. The Kier molecular flexibility index (Phi) is 4.54. The predicted molar refractivity (Wildman–Crippen MR) is 49.4 cm³/mol. The van der Waals surface area contributed by atoms with Gasteiger partial charge in [-0.1, -0.05) is 5.57 Å². The molecule has 0 amide bonds. The maximum atomic E-state index is 11.1. The Balaban J connectivity index is 2.42. The molecular formula is C10H16O3. The van der Waals surface area contributed by atoms with Crippen molar-refractivity contribution in [3.63, 3.8) is 0 Å². The lowest BCUT2D eigenvalue weighted by Crippen LogP contribution is -2.01. The Morgan fingerprint density at radius 2 is 2.38 bits per heavy atom. The molecule has 74 valence electrons. The molecule has 0 aromatic rings. The van der Waals surface area contributed by atoms with Crippen molar-refractivity contribution in [2.45, 2.75) is 26.2 Å². The highest BCUT2D eigenvalue weighted by molar-refractivity contribution is 5.82. The van der Waals surface area contributed by atoms with Crippen molar-refractivity contribution in [3.8, 4) is 0 Å². The Labute approximate surface area is 78.7 Å². The zero-order valence-corrected chi connectivity index (χ0v) is 8.04. The van der Waals surface area contributed by atoms with Crippen molar-refractivity contribution in [3.05, 3.63) is 11.6 Å². The highest BCUT2D eigenvalue weighted by Crippen LogP contribution is 2.14. The van der Waals surface area contributed by atoms with Crippen LogP contribution in [-0.2, 0) is 14.3 Å². The molecule has 1 saturated heterocycles. The van der Waals surface area contributed by atoms with Gasteiger partial charge in [0.2, 0.25) is 0 Å². The first-order valence-electron chi connectivity index (χ1n) is 4.77. The van der Waals surface area contributed by atoms with Gasteiger partial charge in [-0.3, -0.25) is 0 Å². The van der Waals surface area contributed by atoms with Crippen LogP contribution >= 0.6 is 0 Å². The van der Waals surface area contributed by atoms with E-state index in [2.05, 4.69) is 0 Å². The molecule has 1 aliphatic rings. The average molecular weight is 184 g/mol. The van der Waals surface area contributed by atoms with E-state index in [9.17, 15) is 4.79 Å². The van der Waals surface area contributed by atoms with Crippen LogP contribution in [0.4, 0.5) is 0 Å². The fourth-order valence-corrected chi connectivity index (χ4v) is 1.33. The van der Waals surface area contributed by atoms with Gasteiger partial charge in [0.25, 0.3) is 0 Å². The Bertz CT molecular complexity index is 186. The van der Waals surface area contributed by atoms with Crippen LogP contribution in [0.1, 0.15) is 26.2 Å². The minimum Gasteiger partial charge on any atom is -0.463 e. The third kappa shape index (κ3) is 4.08. The van der Waals surface area contributed by atoms with E-state index in [4.69, 9.17) is 9.47 Å². The monoisotopic (exact) mass is 184 g/mol. The second-order valence-electron chi connectivity index (χ2n) is 3.02. The third-order valence-corrected chi connectivity index (χ3v) is 1.96. The van der Waals surface area contributed by atoms with E-state index in [0.717, 1.165) is 38.0 Å². The number of hydrogen-bond acceptors (Lipinski definition) is 3. The molecule has 1 fully saturated rings. The minimum absolute atomic E-state index is 0.223. The molecule has 3 heteroatoms. The Hall–Kier alpha value is -0.830. The van der Waals surface area contributed by atoms with Crippen LogP contribution < -0.4 is 0 Å². The molecule has 1 aliphatic heterocycles. The van der Waals surface area contributed by atoms with E-state index in [0.29, 0.717) is 6.61 Å². The summed E-state index contributed by atoms with van der Waals surface area (Å²) in [5, 5.41) is 0. The van der Waals surface area contributed by atoms with Gasteiger partial charge in [-0.05, 0) is 26.2 Å². The maximum Gasteiger partial charge on any atom is 0.330 e. The summed E-state index contributed by atoms with van der Waals surface area (Å²) >= 11 is 0.